The van der Waals surface area contributed by atoms with Crippen LogP contribution in [0.25, 0.3) is 0 Å². The number of aliphatic imine (C=N–C) groups is 1. The second-order valence-electron chi connectivity index (χ2n) is 8.02. The molecule has 3 atom stereocenters. The van der Waals surface area contributed by atoms with Crippen molar-refractivity contribution in [3.05, 3.63) is 46.8 Å². The number of para-hydroxylation sites is 1. The molecular weight excluding hydrogens is 407 g/mol. The molecular formula is C22H30F3N5O. The standard InChI is InChI=1S/C22H30F3N5O/c1-6-26-21(27-13(2)11-17-14(3)29-30(5)15(17)4)28-19-12-18(19)16-9-7-8-10-20(16)31-22(23,24)25/h7-10,13,18-19H,6,11-12H2,1-5H3,(H2,26,27,28). The van der Waals surface area contributed by atoms with Gasteiger partial charge in [0.25, 0.3) is 0 Å². The van der Waals surface area contributed by atoms with Crippen molar-refractivity contribution >= 4 is 5.96 Å². The second kappa shape index (κ2) is 9.20. The molecule has 0 aliphatic heterocycles. The molecule has 31 heavy (non-hydrogen) atoms. The third-order valence-electron chi connectivity index (χ3n) is 5.53. The molecule has 170 valence electrons. The van der Waals surface area contributed by atoms with Gasteiger partial charge in [0.05, 0.1) is 5.69 Å². The Bertz CT molecular complexity index is 938. The molecule has 1 aliphatic rings. The second-order valence-corrected chi connectivity index (χ2v) is 8.02. The summed E-state index contributed by atoms with van der Waals surface area (Å²) in [4.78, 5) is 4.51. The number of nitrogens with one attached hydrogen (secondary N) is 2. The van der Waals surface area contributed by atoms with Crippen LogP contribution < -0.4 is 15.4 Å². The van der Waals surface area contributed by atoms with Gasteiger partial charge in [-0.05, 0) is 57.7 Å². The van der Waals surface area contributed by atoms with Gasteiger partial charge in [0.15, 0.2) is 5.96 Å². The highest BCUT2D eigenvalue weighted by molar-refractivity contribution is 5.81. The van der Waals surface area contributed by atoms with E-state index < -0.39 is 6.36 Å². The van der Waals surface area contributed by atoms with E-state index in [-0.39, 0.29) is 23.8 Å². The molecule has 3 rings (SSSR count). The van der Waals surface area contributed by atoms with E-state index in [1.54, 1.807) is 18.2 Å². The van der Waals surface area contributed by atoms with Crippen LogP contribution in [0.3, 0.4) is 0 Å². The molecule has 1 fully saturated rings. The molecule has 0 saturated heterocycles. The summed E-state index contributed by atoms with van der Waals surface area (Å²) >= 11 is 0. The van der Waals surface area contributed by atoms with Crippen LogP contribution in [0.2, 0.25) is 0 Å². The minimum absolute atomic E-state index is 0.00449. The topological polar surface area (TPSA) is 63.5 Å². The predicted octanol–water partition coefficient (Wildman–Crippen LogP) is 3.98. The summed E-state index contributed by atoms with van der Waals surface area (Å²) in [6, 6.07) is 6.44. The van der Waals surface area contributed by atoms with Crippen LogP contribution in [0.15, 0.2) is 29.3 Å². The molecule has 1 aromatic carbocycles. The first-order chi connectivity index (χ1) is 14.6. The zero-order chi connectivity index (χ0) is 22.8. The molecule has 0 bridgehead atoms. The van der Waals surface area contributed by atoms with Gasteiger partial charge in [0, 0.05) is 37.3 Å². The number of ether oxygens (including phenoxy) is 1. The minimum atomic E-state index is -4.71. The smallest absolute Gasteiger partial charge is 0.405 e. The van der Waals surface area contributed by atoms with Crippen molar-refractivity contribution in [3.63, 3.8) is 0 Å². The van der Waals surface area contributed by atoms with Gasteiger partial charge in [-0.2, -0.15) is 5.10 Å². The fourth-order valence-electron chi connectivity index (χ4n) is 3.87. The van der Waals surface area contributed by atoms with Crippen LogP contribution in [0.4, 0.5) is 13.2 Å². The lowest BCUT2D eigenvalue weighted by Crippen LogP contribution is -2.44. The normalized spacial score (nSPS) is 19.8. The van der Waals surface area contributed by atoms with Gasteiger partial charge in [-0.15, -0.1) is 13.2 Å². The van der Waals surface area contributed by atoms with Crippen molar-refractivity contribution in [2.75, 3.05) is 6.54 Å². The molecule has 1 aromatic heterocycles. The number of aryl methyl sites for hydroxylation is 2. The van der Waals surface area contributed by atoms with Crippen molar-refractivity contribution in [2.45, 2.75) is 64.9 Å². The molecule has 0 radical (unpaired) electrons. The summed E-state index contributed by atoms with van der Waals surface area (Å²) in [6.07, 6.45) is -3.19. The van der Waals surface area contributed by atoms with E-state index in [1.165, 1.54) is 11.6 Å². The predicted molar refractivity (Wildman–Crippen MR) is 114 cm³/mol. The summed E-state index contributed by atoms with van der Waals surface area (Å²) in [5, 5.41) is 11.2. The quantitative estimate of drug-likeness (QED) is 0.508. The van der Waals surface area contributed by atoms with Crippen LogP contribution in [0, 0.1) is 13.8 Å². The molecule has 0 amide bonds. The average molecular weight is 438 g/mol. The first-order valence-electron chi connectivity index (χ1n) is 10.5. The first-order valence-corrected chi connectivity index (χ1v) is 10.5. The van der Waals surface area contributed by atoms with E-state index in [1.807, 2.05) is 25.6 Å². The number of nitrogens with zero attached hydrogens (tertiary/aromatic N) is 3. The molecule has 6 nitrogen and oxygen atoms in total. The number of guanidine groups is 1. The molecule has 9 heteroatoms. The van der Waals surface area contributed by atoms with Crippen molar-refractivity contribution in [2.24, 2.45) is 12.0 Å². The number of rotatable bonds is 7. The van der Waals surface area contributed by atoms with E-state index in [4.69, 9.17) is 0 Å². The van der Waals surface area contributed by atoms with Gasteiger partial charge >= 0.3 is 6.36 Å². The zero-order valence-corrected chi connectivity index (χ0v) is 18.5. The van der Waals surface area contributed by atoms with Gasteiger partial charge < -0.3 is 15.4 Å². The summed E-state index contributed by atoms with van der Waals surface area (Å²) in [5.74, 6) is 0.471. The van der Waals surface area contributed by atoms with E-state index >= 15 is 0 Å². The van der Waals surface area contributed by atoms with Crippen molar-refractivity contribution < 1.29 is 17.9 Å². The Hall–Kier alpha value is -2.71. The largest absolute Gasteiger partial charge is 0.573 e. The Balaban J connectivity index is 1.63. The number of halogens is 3. The van der Waals surface area contributed by atoms with Crippen LogP contribution in [0.5, 0.6) is 5.75 Å². The third kappa shape index (κ3) is 5.92. The number of hydrogen-bond acceptors (Lipinski definition) is 3. The number of alkyl halides is 3. The van der Waals surface area contributed by atoms with Crippen molar-refractivity contribution in [3.8, 4) is 5.75 Å². The molecule has 2 N–H and O–H groups in total. The van der Waals surface area contributed by atoms with E-state index in [0.717, 1.165) is 24.2 Å². The lowest BCUT2D eigenvalue weighted by molar-refractivity contribution is -0.274. The number of hydrogen-bond donors (Lipinski definition) is 2. The monoisotopic (exact) mass is 437 g/mol. The SMILES string of the molecule is CCN=C(NC(C)Cc1c(C)nn(C)c1C)NC1CC1c1ccccc1OC(F)(F)F. The van der Waals surface area contributed by atoms with Crippen molar-refractivity contribution in [1.82, 2.24) is 20.4 Å². The lowest BCUT2D eigenvalue weighted by atomic mass is 10.1. The lowest BCUT2D eigenvalue weighted by Gasteiger charge is -2.19. The molecule has 1 saturated carbocycles. The van der Waals surface area contributed by atoms with E-state index in [0.29, 0.717) is 18.1 Å². The molecule has 1 heterocycles. The summed E-state index contributed by atoms with van der Waals surface area (Å²) < 4.78 is 44.3. The van der Waals surface area contributed by atoms with Gasteiger partial charge in [0.1, 0.15) is 5.75 Å². The first kappa shape index (κ1) is 23.0. The van der Waals surface area contributed by atoms with Gasteiger partial charge in [-0.3, -0.25) is 9.67 Å². The molecule has 3 unspecified atom stereocenters. The van der Waals surface area contributed by atoms with Crippen LogP contribution >= 0.6 is 0 Å². The van der Waals surface area contributed by atoms with Crippen LogP contribution in [0.1, 0.15) is 48.7 Å². The highest BCUT2D eigenvalue weighted by atomic mass is 19.4. The Morgan fingerprint density at radius 1 is 1.32 bits per heavy atom. The highest BCUT2D eigenvalue weighted by Crippen LogP contribution is 2.45. The average Bonchev–Trinajstić information content (AvgIpc) is 3.38. The van der Waals surface area contributed by atoms with Gasteiger partial charge in [-0.25, -0.2) is 0 Å². The Morgan fingerprint density at radius 2 is 2.03 bits per heavy atom. The van der Waals surface area contributed by atoms with E-state index in [2.05, 4.69) is 39.3 Å². The van der Waals surface area contributed by atoms with Crippen molar-refractivity contribution in [1.29, 1.82) is 0 Å². The summed E-state index contributed by atoms with van der Waals surface area (Å²) in [5.41, 5.74) is 3.92. The minimum Gasteiger partial charge on any atom is -0.405 e. The maximum atomic E-state index is 12.7. The van der Waals surface area contributed by atoms with Gasteiger partial charge in [0.2, 0.25) is 0 Å². The maximum Gasteiger partial charge on any atom is 0.573 e. The Labute approximate surface area is 180 Å². The summed E-state index contributed by atoms with van der Waals surface area (Å²) in [6.45, 7) is 8.67. The fourth-order valence-corrected chi connectivity index (χ4v) is 3.87. The third-order valence-corrected chi connectivity index (χ3v) is 5.53. The van der Waals surface area contributed by atoms with Gasteiger partial charge in [-0.1, -0.05) is 18.2 Å². The highest BCUT2D eigenvalue weighted by Gasteiger charge is 2.42. The molecule has 0 spiro atoms. The van der Waals surface area contributed by atoms with E-state index in [9.17, 15) is 13.2 Å². The number of aromatic nitrogens is 2. The maximum absolute atomic E-state index is 12.7. The summed E-state index contributed by atoms with van der Waals surface area (Å²) in [7, 11) is 1.93. The fraction of sp³-hybridized carbons (Fsp3) is 0.545. The number of benzene rings is 1. The Morgan fingerprint density at radius 3 is 2.65 bits per heavy atom. The van der Waals surface area contributed by atoms with Crippen LogP contribution in [-0.2, 0) is 13.5 Å². The zero-order valence-electron chi connectivity index (χ0n) is 18.5. The molecule has 2 aromatic rings. The van der Waals surface area contributed by atoms with Crippen LogP contribution in [-0.4, -0.2) is 40.7 Å². The molecule has 1 aliphatic carbocycles. The Kier molecular flexibility index (Phi) is 6.81.